The maximum atomic E-state index is 13.1. The molecule has 0 aromatic heterocycles. The van der Waals surface area contributed by atoms with Crippen molar-refractivity contribution in [3.05, 3.63) is 59.5 Å². The largest absolute Gasteiger partial charge is 0.481 e. The lowest BCUT2D eigenvalue weighted by atomic mass is 9.90. The molecule has 15 heteroatoms. The Morgan fingerprint density at radius 1 is 0.923 bits per heavy atom. The first-order valence-electron chi connectivity index (χ1n) is 11.2. The molecular formula is C24H22N3O10S2+. The zero-order valence-electron chi connectivity index (χ0n) is 19.9. The average molecular weight is 577 g/mol. The Labute approximate surface area is 221 Å². The third-order valence-electron chi connectivity index (χ3n) is 5.84. The number of benzene rings is 3. The lowest BCUT2D eigenvalue weighted by Crippen LogP contribution is -2.47. The number of carbonyl (C=O) groups is 2. The van der Waals surface area contributed by atoms with Crippen LogP contribution in [-0.2, 0) is 25.0 Å². The van der Waals surface area contributed by atoms with Gasteiger partial charge in [0.2, 0.25) is 10.3 Å². The highest BCUT2D eigenvalue weighted by atomic mass is 32.2. The number of hydrogen-bond donors (Lipinski definition) is 6. The molecule has 2 aromatic rings. The van der Waals surface area contributed by atoms with Crippen LogP contribution < -0.4 is 21.8 Å². The van der Waals surface area contributed by atoms with Gasteiger partial charge >= 0.3 is 16.1 Å². The van der Waals surface area contributed by atoms with E-state index in [2.05, 4.69) is 5.32 Å². The van der Waals surface area contributed by atoms with Crippen LogP contribution in [0.3, 0.4) is 0 Å². The molecule has 0 radical (unpaired) electrons. The van der Waals surface area contributed by atoms with Crippen LogP contribution >= 0.6 is 0 Å². The van der Waals surface area contributed by atoms with Gasteiger partial charge in [0.25, 0.3) is 16.0 Å². The Balaban J connectivity index is 2.12. The molecule has 0 fully saturated rings. The molecule has 2 aliphatic rings. The van der Waals surface area contributed by atoms with Crippen LogP contribution in [0.2, 0.25) is 0 Å². The number of nitrogens with two attached hydrogens (primary N) is 2. The van der Waals surface area contributed by atoms with Crippen LogP contribution in [0.5, 0.6) is 0 Å². The fourth-order valence-corrected chi connectivity index (χ4v) is 5.76. The molecule has 204 valence electrons. The second-order valence-electron chi connectivity index (χ2n) is 8.45. The first-order chi connectivity index (χ1) is 18.2. The fourth-order valence-electron chi connectivity index (χ4n) is 4.26. The van der Waals surface area contributed by atoms with Gasteiger partial charge in [-0.3, -0.25) is 24.1 Å². The van der Waals surface area contributed by atoms with Crippen molar-refractivity contribution in [3.63, 3.8) is 0 Å². The molecular weight excluding hydrogens is 554 g/mol. The topological polar surface area (TPSA) is 240 Å². The predicted molar refractivity (Wildman–Crippen MR) is 137 cm³/mol. The molecule has 2 aromatic carbocycles. The molecule has 13 nitrogen and oxygen atoms in total. The van der Waals surface area contributed by atoms with Gasteiger partial charge in [-0.1, -0.05) is 18.2 Å². The summed E-state index contributed by atoms with van der Waals surface area (Å²) in [5, 5.41) is 16.9. The quantitative estimate of drug-likeness (QED) is 0.0731. The molecule has 0 unspecified atom stereocenters. The van der Waals surface area contributed by atoms with Gasteiger partial charge < -0.3 is 20.6 Å². The van der Waals surface area contributed by atoms with Crippen molar-refractivity contribution < 1.29 is 50.5 Å². The van der Waals surface area contributed by atoms with Crippen molar-refractivity contribution >= 4 is 48.8 Å². The first kappa shape index (κ1) is 27.7. The highest BCUT2D eigenvalue weighted by molar-refractivity contribution is 7.86. The van der Waals surface area contributed by atoms with E-state index in [0.29, 0.717) is 0 Å². The molecule has 8 N–H and O–H groups in total. The molecule has 39 heavy (non-hydrogen) atoms. The minimum atomic E-state index is -5.02. The summed E-state index contributed by atoms with van der Waals surface area (Å²) in [6.07, 6.45) is -0.00956. The number of carboxylic acid groups (broad SMARTS) is 1. The number of nitrogen functional groups attached to an aromatic ring is 1. The van der Waals surface area contributed by atoms with Gasteiger partial charge in [-0.2, -0.15) is 16.8 Å². The van der Waals surface area contributed by atoms with Gasteiger partial charge in [-0.25, -0.2) is 0 Å². The van der Waals surface area contributed by atoms with Crippen molar-refractivity contribution in [3.8, 4) is 22.5 Å². The van der Waals surface area contributed by atoms with Crippen LogP contribution in [0.15, 0.2) is 62.7 Å². The molecule has 1 aliphatic heterocycles. The fraction of sp³-hybridized carbons (Fsp3) is 0.125. The number of amides is 1. The third kappa shape index (κ3) is 5.33. The highest BCUT2D eigenvalue weighted by Gasteiger charge is 2.32. The summed E-state index contributed by atoms with van der Waals surface area (Å²) in [5.74, 6) is -2.18. The highest BCUT2D eigenvalue weighted by Crippen LogP contribution is 2.45. The van der Waals surface area contributed by atoms with E-state index in [1.807, 2.05) is 0 Å². The number of nitrogens with one attached hydrogen (secondary N) is 1. The van der Waals surface area contributed by atoms with Crippen LogP contribution in [0.4, 0.5) is 5.69 Å². The Morgan fingerprint density at radius 3 is 2.23 bits per heavy atom. The van der Waals surface area contributed by atoms with Crippen molar-refractivity contribution in [2.24, 2.45) is 0 Å². The van der Waals surface area contributed by atoms with Crippen LogP contribution in [0.1, 0.15) is 23.2 Å². The summed E-state index contributed by atoms with van der Waals surface area (Å²) in [7, 11) is -10.0. The predicted octanol–water partition coefficient (Wildman–Crippen LogP) is 0.535. The van der Waals surface area contributed by atoms with E-state index in [4.69, 9.17) is 20.7 Å². The Kier molecular flexibility index (Phi) is 7.18. The van der Waals surface area contributed by atoms with Gasteiger partial charge in [-0.05, 0) is 36.2 Å². The average Bonchev–Trinajstić information content (AvgIpc) is 2.83. The Hall–Kier alpha value is -4.31. The Bertz CT molecular complexity index is 1900. The van der Waals surface area contributed by atoms with Crippen molar-refractivity contribution in [1.29, 1.82) is 0 Å². The standard InChI is InChI=1S/C24H21N3O10S2/c25-16-9-7-14-19(12-4-1-2-5-13(12)24(30)27-11-3-6-18(28)29)15-8-10-17(26)23(39(34,35)36)21(15)37-20(14)22(16)38(31,32)33/h1-2,4-5,7-10,25H,3,6,11,26H2,(H,27,30)(H,28,29)(H,31,32,33)(H,34,35,36)/p+1. The second-order valence-corrected chi connectivity index (χ2v) is 11.2. The summed E-state index contributed by atoms with van der Waals surface area (Å²) in [5.41, 5.74) is 5.26. The van der Waals surface area contributed by atoms with E-state index < -0.39 is 64.3 Å². The normalized spacial score (nSPS) is 12.1. The molecule has 1 heterocycles. The summed E-state index contributed by atoms with van der Waals surface area (Å²) in [6.45, 7) is 0.0396. The summed E-state index contributed by atoms with van der Waals surface area (Å²) < 4.78 is 74.7. The van der Waals surface area contributed by atoms with E-state index in [1.54, 1.807) is 12.1 Å². The van der Waals surface area contributed by atoms with Crippen molar-refractivity contribution in [2.75, 3.05) is 12.3 Å². The lowest BCUT2D eigenvalue weighted by molar-refractivity contribution is -0.176. The van der Waals surface area contributed by atoms with E-state index in [9.17, 15) is 35.5 Å². The number of aliphatic carboxylic acids is 1. The molecule has 4 rings (SSSR count). The number of fused-ring (bicyclic) bond motifs is 2. The number of carboxylic acids is 1. The van der Waals surface area contributed by atoms with E-state index in [1.165, 1.54) is 36.4 Å². The first-order valence-corrected chi connectivity index (χ1v) is 14.0. The van der Waals surface area contributed by atoms with Gasteiger partial charge in [0.05, 0.1) is 5.69 Å². The molecule has 0 spiro atoms. The third-order valence-corrected chi connectivity index (χ3v) is 7.71. The molecule has 1 aliphatic carbocycles. The number of rotatable bonds is 8. The van der Waals surface area contributed by atoms with Gasteiger partial charge in [-0.15, -0.1) is 0 Å². The SMILES string of the molecule is Nc1ccc2c(-c3ccccc3C(=O)NCCCC(=O)O)c3ccc(=[NH2+])c(S(=O)(=O)O)c-3oc2c1S(=O)(=O)O. The van der Waals surface area contributed by atoms with E-state index in [-0.39, 0.29) is 47.0 Å². The molecule has 1 amide bonds. The van der Waals surface area contributed by atoms with Crippen LogP contribution in [0, 0.1) is 0 Å². The molecule has 0 bridgehead atoms. The zero-order valence-corrected chi connectivity index (χ0v) is 21.5. The van der Waals surface area contributed by atoms with Crippen LogP contribution in [-0.4, -0.2) is 49.5 Å². The molecule has 0 saturated heterocycles. The monoisotopic (exact) mass is 576 g/mol. The van der Waals surface area contributed by atoms with Crippen molar-refractivity contribution in [2.45, 2.75) is 22.6 Å². The summed E-state index contributed by atoms with van der Waals surface area (Å²) >= 11 is 0. The van der Waals surface area contributed by atoms with Gasteiger partial charge in [0, 0.05) is 41.1 Å². The minimum absolute atomic E-state index is 0.0292. The Morgan fingerprint density at radius 2 is 1.59 bits per heavy atom. The molecule has 0 atom stereocenters. The van der Waals surface area contributed by atoms with Gasteiger partial charge in [0.15, 0.2) is 16.2 Å². The summed E-state index contributed by atoms with van der Waals surface area (Å²) in [4.78, 5) is 22.2. The molecule has 0 saturated carbocycles. The van der Waals surface area contributed by atoms with Gasteiger partial charge in [0.1, 0.15) is 0 Å². The zero-order chi connectivity index (χ0) is 28.7. The van der Waals surface area contributed by atoms with E-state index >= 15 is 0 Å². The number of carbonyl (C=O) groups excluding carboxylic acids is 1. The minimum Gasteiger partial charge on any atom is -0.481 e. The summed E-state index contributed by atoms with van der Waals surface area (Å²) in [6, 6.07) is 11.2. The number of anilines is 1. The second kappa shape index (κ2) is 10.1. The maximum Gasteiger partial charge on any atom is 0.304 e. The number of hydrogen-bond acceptors (Lipinski definition) is 8. The van der Waals surface area contributed by atoms with Crippen molar-refractivity contribution in [1.82, 2.24) is 5.32 Å². The lowest BCUT2D eigenvalue weighted by Gasteiger charge is -2.20. The maximum absolute atomic E-state index is 13.1. The van der Waals surface area contributed by atoms with Crippen LogP contribution in [0.25, 0.3) is 33.4 Å². The smallest absolute Gasteiger partial charge is 0.304 e. The van der Waals surface area contributed by atoms with E-state index in [0.717, 1.165) is 0 Å².